The Labute approximate surface area is 119 Å². The van der Waals surface area contributed by atoms with E-state index in [2.05, 4.69) is 0 Å². The first-order chi connectivity index (χ1) is 9.13. The van der Waals surface area contributed by atoms with Gasteiger partial charge in [0.1, 0.15) is 0 Å². The number of methoxy groups -OCH3 is 2. The van der Waals surface area contributed by atoms with Crippen LogP contribution in [0.5, 0.6) is 11.5 Å². The minimum atomic E-state index is 0.0000983. The fraction of sp³-hybridized carbons (Fsp3) is 0.600. The molecular weight excluding hydrogens is 262 g/mol. The summed E-state index contributed by atoms with van der Waals surface area (Å²) in [4.78, 5) is 0. The van der Waals surface area contributed by atoms with Gasteiger partial charge in [-0.25, -0.2) is 0 Å². The van der Waals surface area contributed by atoms with Crippen molar-refractivity contribution in [3.8, 4) is 11.5 Å². The lowest BCUT2D eigenvalue weighted by molar-refractivity contribution is 0.352. The molecule has 0 bridgehead atoms. The number of hydrogen-bond acceptors (Lipinski definition) is 3. The van der Waals surface area contributed by atoms with Crippen LogP contribution in [0.2, 0.25) is 5.02 Å². The van der Waals surface area contributed by atoms with Crippen LogP contribution in [0.1, 0.15) is 30.9 Å². The predicted molar refractivity (Wildman–Crippen MR) is 75.8 cm³/mol. The van der Waals surface area contributed by atoms with Crippen molar-refractivity contribution in [3.05, 3.63) is 22.7 Å². The maximum Gasteiger partial charge on any atom is 0.162 e. The third kappa shape index (κ3) is 2.30. The third-order valence-electron chi connectivity index (χ3n) is 4.65. The largest absolute Gasteiger partial charge is 0.493 e. The van der Waals surface area contributed by atoms with Gasteiger partial charge >= 0.3 is 0 Å². The van der Waals surface area contributed by atoms with E-state index in [4.69, 9.17) is 26.8 Å². The molecule has 2 saturated carbocycles. The van der Waals surface area contributed by atoms with Crippen LogP contribution < -0.4 is 15.2 Å². The summed E-state index contributed by atoms with van der Waals surface area (Å²) in [6.07, 6.45) is 3.90. The van der Waals surface area contributed by atoms with Gasteiger partial charge in [-0.3, -0.25) is 0 Å². The number of ether oxygens (including phenoxy) is 2. The van der Waals surface area contributed by atoms with Crippen LogP contribution >= 0.6 is 11.6 Å². The van der Waals surface area contributed by atoms with E-state index in [1.807, 2.05) is 6.07 Å². The normalized spacial score (nSPS) is 29.8. The van der Waals surface area contributed by atoms with E-state index in [9.17, 15) is 0 Å². The van der Waals surface area contributed by atoms with Crippen LogP contribution in [-0.4, -0.2) is 14.2 Å². The summed E-state index contributed by atoms with van der Waals surface area (Å²) >= 11 is 6.34. The quantitative estimate of drug-likeness (QED) is 0.920. The van der Waals surface area contributed by atoms with E-state index in [0.29, 0.717) is 22.4 Å². The Morgan fingerprint density at radius 1 is 1.11 bits per heavy atom. The second-order valence-corrected chi connectivity index (χ2v) is 6.15. The maximum absolute atomic E-state index is 6.42. The van der Waals surface area contributed by atoms with Gasteiger partial charge in [0.05, 0.1) is 14.2 Å². The van der Waals surface area contributed by atoms with E-state index in [-0.39, 0.29) is 6.04 Å². The first-order valence-corrected chi connectivity index (χ1v) is 7.18. The topological polar surface area (TPSA) is 44.5 Å². The second kappa shape index (κ2) is 4.88. The average molecular weight is 282 g/mol. The van der Waals surface area contributed by atoms with Crippen molar-refractivity contribution in [2.24, 2.45) is 23.5 Å². The fourth-order valence-electron chi connectivity index (χ4n) is 3.43. The Balaban J connectivity index is 1.86. The van der Waals surface area contributed by atoms with Crippen LogP contribution in [0, 0.1) is 17.8 Å². The van der Waals surface area contributed by atoms with Crippen molar-refractivity contribution in [1.82, 2.24) is 0 Å². The highest BCUT2D eigenvalue weighted by molar-refractivity contribution is 6.31. The molecule has 1 aromatic carbocycles. The summed E-state index contributed by atoms with van der Waals surface area (Å²) in [5.41, 5.74) is 7.40. The van der Waals surface area contributed by atoms with Crippen LogP contribution in [-0.2, 0) is 0 Å². The first kappa shape index (κ1) is 13.1. The third-order valence-corrected chi connectivity index (χ3v) is 4.98. The van der Waals surface area contributed by atoms with Gasteiger partial charge in [-0.1, -0.05) is 11.6 Å². The Morgan fingerprint density at radius 3 is 2.26 bits per heavy atom. The molecule has 3 nitrogen and oxygen atoms in total. The van der Waals surface area contributed by atoms with Crippen LogP contribution in [0.3, 0.4) is 0 Å². The lowest BCUT2D eigenvalue weighted by atomic mass is 9.89. The molecule has 2 aliphatic rings. The maximum atomic E-state index is 6.42. The van der Waals surface area contributed by atoms with Crippen molar-refractivity contribution in [3.63, 3.8) is 0 Å². The number of benzene rings is 1. The van der Waals surface area contributed by atoms with E-state index in [1.54, 1.807) is 20.3 Å². The summed E-state index contributed by atoms with van der Waals surface area (Å²) in [7, 11) is 3.24. The van der Waals surface area contributed by atoms with Crippen molar-refractivity contribution < 1.29 is 9.47 Å². The zero-order valence-corrected chi connectivity index (χ0v) is 12.1. The molecule has 0 aromatic heterocycles. The SMILES string of the molecule is COc1cc(Cl)c(C(N)C2CC3CC3C2)cc1OC. The number of halogens is 1. The Bertz CT molecular complexity index is 481. The summed E-state index contributed by atoms with van der Waals surface area (Å²) in [6.45, 7) is 0. The molecule has 0 heterocycles. The van der Waals surface area contributed by atoms with E-state index >= 15 is 0 Å². The van der Waals surface area contributed by atoms with E-state index < -0.39 is 0 Å². The van der Waals surface area contributed by atoms with Gasteiger partial charge in [0.15, 0.2) is 11.5 Å². The summed E-state index contributed by atoms with van der Waals surface area (Å²) in [5.74, 6) is 3.75. The van der Waals surface area contributed by atoms with Gasteiger partial charge < -0.3 is 15.2 Å². The van der Waals surface area contributed by atoms with Crippen molar-refractivity contribution in [2.45, 2.75) is 25.3 Å². The molecule has 3 unspecified atom stereocenters. The van der Waals surface area contributed by atoms with Crippen LogP contribution in [0.25, 0.3) is 0 Å². The highest BCUT2D eigenvalue weighted by atomic mass is 35.5. The minimum absolute atomic E-state index is 0.0000983. The monoisotopic (exact) mass is 281 g/mol. The Morgan fingerprint density at radius 2 is 1.68 bits per heavy atom. The zero-order valence-electron chi connectivity index (χ0n) is 11.4. The van der Waals surface area contributed by atoms with Gasteiger partial charge in [-0.05, 0) is 48.6 Å². The smallest absolute Gasteiger partial charge is 0.162 e. The molecule has 2 aliphatic carbocycles. The molecule has 1 aromatic rings. The number of hydrogen-bond donors (Lipinski definition) is 1. The molecule has 3 atom stereocenters. The number of fused-ring (bicyclic) bond motifs is 1. The number of rotatable bonds is 4. The van der Waals surface area contributed by atoms with Crippen molar-refractivity contribution in [1.29, 1.82) is 0 Å². The Hall–Kier alpha value is -0.930. The fourth-order valence-corrected chi connectivity index (χ4v) is 3.71. The Kier molecular flexibility index (Phi) is 3.35. The predicted octanol–water partition coefficient (Wildman–Crippen LogP) is 3.40. The first-order valence-electron chi connectivity index (χ1n) is 6.81. The molecular formula is C15H20ClNO2. The van der Waals surface area contributed by atoms with Gasteiger partial charge in [0.2, 0.25) is 0 Å². The van der Waals surface area contributed by atoms with Gasteiger partial charge in [0, 0.05) is 17.1 Å². The molecule has 104 valence electrons. The molecule has 4 heteroatoms. The summed E-state index contributed by atoms with van der Waals surface area (Å²) in [5, 5.41) is 0.672. The van der Waals surface area contributed by atoms with Gasteiger partial charge in [-0.15, -0.1) is 0 Å². The van der Waals surface area contributed by atoms with Crippen LogP contribution in [0.15, 0.2) is 12.1 Å². The average Bonchev–Trinajstić information content (AvgIpc) is 3.04. The van der Waals surface area contributed by atoms with Crippen molar-refractivity contribution >= 4 is 11.6 Å². The summed E-state index contributed by atoms with van der Waals surface area (Å²) in [6, 6.07) is 3.72. The highest BCUT2D eigenvalue weighted by Crippen LogP contribution is 2.57. The molecule has 0 spiro atoms. The molecule has 0 amide bonds. The standard InChI is InChI=1S/C15H20ClNO2/c1-18-13-6-11(12(16)7-14(13)19-2)15(17)10-4-8-3-9(8)5-10/h6-10,15H,3-5,17H2,1-2H3. The number of nitrogens with two attached hydrogens (primary N) is 1. The summed E-state index contributed by atoms with van der Waals surface area (Å²) < 4.78 is 10.6. The molecule has 19 heavy (non-hydrogen) atoms. The lowest BCUT2D eigenvalue weighted by Gasteiger charge is -2.23. The van der Waals surface area contributed by atoms with Crippen LogP contribution in [0.4, 0.5) is 0 Å². The molecule has 0 saturated heterocycles. The molecule has 3 rings (SSSR count). The highest BCUT2D eigenvalue weighted by Gasteiger charge is 2.47. The minimum Gasteiger partial charge on any atom is -0.493 e. The van der Waals surface area contributed by atoms with Gasteiger partial charge in [-0.2, -0.15) is 0 Å². The molecule has 0 aliphatic heterocycles. The lowest BCUT2D eigenvalue weighted by Crippen LogP contribution is -2.21. The molecule has 2 fully saturated rings. The van der Waals surface area contributed by atoms with Crippen molar-refractivity contribution in [2.75, 3.05) is 14.2 Å². The molecule has 2 N–H and O–H groups in total. The zero-order chi connectivity index (χ0) is 13.6. The van der Waals surface area contributed by atoms with E-state index in [1.165, 1.54) is 19.3 Å². The van der Waals surface area contributed by atoms with Gasteiger partial charge in [0.25, 0.3) is 0 Å². The second-order valence-electron chi connectivity index (χ2n) is 5.74. The van der Waals surface area contributed by atoms with E-state index in [0.717, 1.165) is 17.4 Å². The molecule has 0 radical (unpaired) electrons.